The Labute approximate surface area is 172 Å². The second-order valence-electron chi connectivity index (χ2n) is 6.59. The molecule has 1 atom stereocenters. The molecular weight excluding hydrogens is 436 g/mol. The van der Waals surface area contributed by atoms with Gasteiger partial charge in [0, 0.05) is 25.2 Å². The van der Waals surface area contributed by atoms with Crippen LogP contribution < -0.4 is 5.73 Å². The van der Waals surface area contributed by atoms with Gasteiger partial charge in [0.25, 0.3) is 5.91 Å². The summed E-state index contributed by atoms with van der Waals surface area (Å²) in [6.07, 6.45) is -7.88. The first kappa shape index (κ1) is 24.2. The third-order valence-electron chi connectivity index (χ3n) is 4.18. The lowest BCUT2D eigenvalue weighted by Gasteiger charge is -2.23. The van der Waals surface area contributed by atoms with Crippen molar-refractivity contribution in [1.29, 1.82) is 0 Å². The monoisotopic (exact) mass is 453 g/mol. The molecule has 2 rings (SSSR count). The first-order valence-electron chi connectivity index (χ1n) is 8.76. The minimum atomic E-state index is -5.42. The predicted molar refractivity (Wildman–Crippen MR) is 93.5 cm³/mol. The Morgan fingerprint density at radius 1 is 1.13 bits per heavy atom. The molecule has 0 spiro atoms. The van der Waals surface area contributed by atoms with Crippen molar-refractivity contribution in [1.82, 2.24) is 9.96 Å². The molecule has 0 unspecified atom stereocenters. The maximum Gasteiger partial charge on any atom is 0.493 e. The molecule has 0 aliphatic carbocycles. The molecule has 1 saturated heterocycles. The van der Waals surface area contributed by atoms with E-state index in [1.165, 1.54) is 4.90 Å². The highest BCUT2D eigenvalue weighted by atomic mass is 19.4. The Morgan fingerprint density at radius 2 is 1.74 bits per heavy atom. The van der Waals surface area contributed by atoms with Crippen molar-refractivity contribution in [3.63, 3.8) is 0 Å². The van der Waals surface area contributed by atoms with E-state index in [0.717, 1.165) is 30.3 Å². The smallest absolute Gasteiger partial charge is 0.339 e. The van der Waals surface area contributed by atoms with Crippen molar-refractivity contribution < 1.29 is 45.6 Å². The first-order chi connectivity index (χ1) is 14.3. The van der Waals surface area contributed by atoms with Gasteiger partial charge in [-0.3, -0.25) is 9.59 Å². The van der Waals surface area contributed by atoms with Crippen molar-refractivity contribution in [2.75, 3.05) is 19.6 Å². The summed E-state index contributed by atoms with van der Waals surface area (Å²) in [5.74, 6) is -4.80. The second kappa shape index (κ2) is 9.37. The van der Waals surface area contributed by atoms with Gasteiger partial charge >= 0.3 is 18.3 Å². The number of likely N-dealkylation sites (tertiary alicyclic amines) is 1. The highest BCUT2D eigenvalue weighted by molar-refractivity contribution is 5.94. The number of halogens is 6. The molecule has 1 fully saturated rings. The van der Waals surface area contributed by atoms with Gasteiger partial charge in [-0.2, -0.15) is 31.4 Å². The number of hydroxylamine groups is 2. The van der Waals surface area contributed by atoms with E-state index in [4.69, 9.17) is 5.73 Å². The van der Waals surface area contributed by atoms with Gasteiger partial charge in [0.05, 0.1) is 5.56 Å². The van der Waals surface area contributed by atoms with Crippen LogP contribution >= 0.6 is 0 Å². The van der Waals surface area contributed by atoms with E-state index in [9.17, 15) is 40.7 Å². The summed E-state index contributed by atoms with van der Waals surface area (Å²) in [5, 5.41) is -0.0669. The number of rotatable bonds is 4. The maximum absolute atomic E-state index is 12.6. The molecule has 1 aromatic carbocycles. The number of carbonyl (C=O) groups is 3. The van der Waals surface area contributed by atoms with Crippen LogP contribution in [0, 0.1) is 0 Å². The average molecular weight is 453 g/mol. The van der Waals surface area contributed by atoms with Gasteiger partial charge < -0.3 is 15.5 Å². The standard InChI is InChI=1S/C18H17F6N3O4/c19-17(20,21)12-4-1-11(2-5-12)3-6-14(28)27(31-16(30)18(22,23)24)10-15(29)26-8-7-13(25)9-26/h1-6,13H,7-10,25H2/b6-3+/t13-/m0/s1. The van der Waals surface area contributed by atoms with Crippen molar-refractivity contribution in [3.05, 3.63) is 41.5 Å². The topological polar surface area (TPSA) is 92.9 Å². The quantitative estimate of drug-likeness (QED) is 0.429. The van der Waals surface area contributed by atoms with Crippen LogP contribution in [-0.2, 0) is 25.4 Å². The normalized spacial score (nSPS) is 17.1. The molecule has 2 N–H and O–H groups in total. The van der Waals surface area contributed by atoms with E-state index >= 15 is 0 Å². The summed E-state index contributed by atoms with van der Waals surface area (Å²) in [4.78, 5) is 40.8. The zero-order valence-corrected chi connectivity index (χ0v) is 15.7. The number of hydrogen-bond acceptors (Lipinski definition) is 5. The van der Waals surface area contributed by atoms with Gasteiger partial charge in [0.1, 0.15) is 6.54 Å². The van der Waals surface area contributed by atoms with Gasteiger partial charge in [-0.25, -0.2) is 4.79 Å². The Kier molecular flexibility index (Phi) is 7.31. The molecule has 1 aromatic rings. The Bertz CT molecular complexity index is 851. The van der Waals surface area contributed by atoms with E-state index < -0.39 is 42.2 Å². The van der Waals surface area contributed by atoms with Gasteiger partial charge in [-0.05, 0) is 30.2 Å². The van der Waals surface area contributed by atoms with E-state index in [2.05, 4.69) is 4.84 Å². The van der Waals surface area contributed by atoms with E-state index in [1.54, 1.807) is 0 Å². The molecule has 13 heteroatoms. The van der Waals surface area contributed by atoms with Crippen LogP contribution in [0.5, 0.6) is 0 Å². The van der Waals surface area contributed by atoms with Crippen LogP contribution in [0.1, 0.15) is 17.5 Å². The van der Waals surface area contributed by atoms with E-state index in [0.29, 0.717) is 12.5 Å². The van der Waals surface area contributed by atoms with Crippen LogP contribution in [-0.4, -0.2) is 59.6 Å². The third kappa shape index (κ3) is 6.98. The summed E-state index contributed by atoms with van der Waals surface area (Å²) in [6.45, 7) is -0.656. The van der Waals surface area contributed by atoms with Crippen LogP contribution in [0.25, 0.3) is 6.08 Å². The number of hydrogen-bond donors (Lipinski definition) is 1. The largest absolute Gasteiger partial charge is 0.493 e. The number of nitrogens with zero attached hydrogens (tertiary/aromatic N) is 2. The van der Waals surface area contributed by atoms with Gasteiger partial charge in [0.15, 0.2) is 0 Å². The molecule has 2 amide bonds. The average Bonchev–Trinajstić information content (AvgIpc) is 3.10. The Morgan fingerprint density at radius 3 is 2.23 bits per heavy atom. The fourth-order valence-electron chi connectivity index (χ4n) is 2.58. The van der Waals surface area contributed by atoms with Crippen molar-refractivity contribution in [3.8, 4) is 0 Å². The van der Waals surface area contributed by atoms with Crippen molar-refractivity contribution in [2.45, 2.75) is 24.8 Å². The van der Waals surface area contributed by atoms with Gasteiger partial charge in [0.2, 0.25) is 5.91 Å². The SMILES string of the molecule is N[C@H]1CCN(C(=O)CN(OC(=O)C(F)(F)F)C(=O)/C=C/c2ccc(C(F)(F)F)cc2)C1. The Balaban J connectivity index is 2.13. The number of amides is 2. The summed E-state index contributed by atoms with van der Waals surface area (Å²) in [7, 11) is 0. The molecule has 0 saturated carbocycles. The van der Waals surface area contributed by atoms with Crippen LogP contribution in [0.3, 0.4) is 0 Å². The molecule has 0 radical (unpaired) electrons. The number of alkyl halides is 6. The minimum Gasteiger partial charge on any atom is -0.339 e. The number of benzene rings is 1. The van der Waals surface area contributed by atoms with Crippen LogP contribution in [0.4, 0.5) is 26.3 Å². The summed E-state index contributed by atoms with van der Waals surface area (Å²) in [6, 6.07) is 3.20. The molecule has 0 aromatic heterocycles. The second-order valence-corrected chi connectivity index (χ2v) is 6.59. The first-order valence-corrected chi connectivity index (χ1v) is 8.76. The zero-order valence-electron chi connectivity index (χ0n) is 15.7. The van der Waals surface area contributed by atoms with Crippen LogP contribution in [0.2, 0.25) is 0 Å². The summed E-state index contributed by atoms with van der Waals surface area (Å²) in [5.41, 5.74) is 4.82. The van der Waals surface area contributed by atoms with Gasteiger partial charge in [-0.15, -0.1) is 0 Å². The van der Waals surface area contributed by atoms with Crippen molar-refractivity contribution in [2.24, 2.45) is 5.73 Å². The Hall–Kier alpha value is -3.09. The highest BCUT2D eigenvalue weighted by Crippen LogP contribution is 2.29. The molecule has 1 heterocycles. The maximum atomic E-state index is 12.6. The fourth-order valence-corrected chi connectivity index (χ4v) is 2.58. The molecule has 0 bridgehead atoms. The molecule has 1 aliphatic heterocycles. The summed E-state index contributed by atoms with van der Waals surface area (Å²) < 4.78 is 75.2. The summed E-state index contributed by atoms with van der Waals surface area (Å²) >= 11 is 0. The molecule has 31 heavy (non-hydrogen) atoms. The van der Waals surface area contributed by atoms with E-state index in [-0.39, 0.29) is 29.8 Å². The minimum absolute atomic E-state index is 0.0669. The van der Waals surface area contributed by atoms with Crippen molar-refractivity contribution >= 4 is 23.9 Å². The van der Waals surface area contributed by atoms with Gasteiger partial charge in [-0.1, -0.05) is 12.1 Å². The molecule has 7 nitrogen and oxygen atoms in total. The number of carbonyl (C=O) groups excluding carboxylic acids is 3. The molecular formula is C18H17F6N3O4. The zero-order chi connectivity index (χ0) is 23.4. The number of nitrogens with two attached hydrogens (primary N) is 1. The molecule has 1 aliphatic rings. The highest BCUT2D eigenvalue weighted by Gasteiger charge is 2.43. The predicted octanol–water partition coefficient (Wildman–Crippen LogP) is 2.13. The van der Waals surface area contributed by atoms with E-state index in [1.807, 2.05) is 0 Å². The third-order valence-corrected chi connectivity index (χ3v) is 4.18. The molecule has 170 valence electrons. The lowest BCUT2D eigenvalue weighted by molar-refractivity contribution is -0.235. The van der Waals surface area contributed by atoms with Crippen LogP contribution in [0.15, 0.2) is 30.3 Å². The fraction of sp³-hybridized carbons (Fsp3) is 0.389. The lowest BCUT2D eigenvalue weighted by atomic mass is 10.1. The lowest BCUT2D eigenvalue weighted by Crippen LogP contribution is -2.45.